The maximum Gasteiger partial charge on any atom is 0.244 e. The molecule has 106 valence electrons. The number of amides is 1. The van der Waals surface area contributed by atoms with Crippen molar-refractivity contribution in [2.75, 3.05) is 14.1 Å². The fraction of sp³-hybridized carbons (Fsp3) is 0.333. The molecular weight excluding hydrogens is 252 g/mol. The van der Waals surface area contributed by atoms with Crippen LogP contribution in [0.25, 0.3) is 0 Å². The molecule has 0 radical (unpaired) electrons. The average Bonchev–Trinajstić information content (AvgIpc) is 2.87. The molecule has 1 atom stereocenters. The Labute approximate surface area is 119 Å². The van der Waals surface area contributed by atoms with E-state index in [0.717, 1.165) is 11.1 Å². The van der Waals surface area contributed by atoms with Crippen LogP contribution < -0.4 is 5.32 Å². The van der Waals surface area contributed by atoms with Crippen molar-refractivity contribution in [1.82, 2.24) is 20.0 Å². The van der Waals surface area contributed by atoms with E-state index in [-0.39, 0.29) is 11.9 Å². The summed E-state index contributed by atoms with van der Waals surface area (Å²) < 4.78 is 1.70. The van der Waals surface area contributed by atoms with Crippen LogP contribution in [0, 0.1) is 0 Å². The van der Waals surface area contributed by atoms with Crippen molar-refractivity contribution in [3.8, 4) is 0 Å². The quantitative estimate of drug-likeness (QED) is 0.893. The van der Waals surface area contributed by atoms with Crippen molar-refractivity contribution in [1.29, 1.82) is 0 Å². The van der Waals surface area contributed by atoms with E-state index in [2.05, 4.69) is 10.4 Å². The summed E-state index contributed by atoms with van der Waals surface area (Å²) in [6.45, 7) is 0.595. The van der Waals surface area contributed by atoms with E-state index in [1.54, 1.807) is 22.8 Å². The minimum absolute atomic E-state index is 0.0318. The summed E-state index contributed by atoms with van der Waals surface area (Å²) in [5, 5.41) is 7.17. The van der Waals surface area contributed by atoms with Crippen molar-refractivity contribution in [3.05, 3.63) is 53.9 Å². The van der Waals surface area contributed by atoms with Crippen LogP contribution in [0.2, 0.25) is 0 Å². The van der Waals surface area contributed by atoms with Gasteiger partial charge in [0.25, 0.3) is 0 Å². The molecule has 5 nitrogen and oxygen atoms in total. The number of aryl methyl sites for hydroxylation is 1. The highest BCUT2D eigenvalue weighted by molar-refractivity contribution is 5.82. The lowest BCUT2D eigenvalue weighted by Crippen LogP contribution is -2.37. The molecule has 0 aliphatic heterocycles. The Bertz CT molecular complexity index is 564. The van der Waals surface area contributed by atoms with E-state index in [0.29, 0.717) is 6.54 Å². The summed E-state index contributed by atoms with van der Waals surface area (Å²) in [4.78, 5) is 14.2. The first-order chi connectivity index (χ1) is 9.61. The predicted octanol–water partition coefficient (Wildman–Crippen LogP) is 1.34. The van der Waals surface area contributed by atoms with Crippen LogP contribution in [0.3, 0.4) is 0 Å². The third-order valence-corrected chi connectivity index (χ3v) is 3.23. The summed E-state index contributed by atoms with van der Waals surface area (Å²) in [7, 11) is 5.44. The number of hydrogen-bond donors (Lipinski definition) is 1. The molecule has 0 aliphatic carbocycles. The van der Waals surface area contributed by atoms with Gasteiger partial charge < -0.3 is 10.2 Å². The molecule has 1 heterocycles. The molecule has 1 amide bonds. The van der Waals surface area contributed by atoms with Crippen molar-refractivity contribution < 1.29 is 4.79 Å². The summed E-state index contributed by atoms with van der Waals surface area (Å²) in [6, 6.07) is 9.59. The highest BCUT2D eigenvalue weighted by atomic mass is 16.2. The average molecular weight is 272 g/mol. The Hall–Kier alpha value is -2.14. The third-order valence-electron chi connectivity index (χ3n) is 3.23. The highest BCUT2D eigenvalue weighted by Crippen LogP contribution is 2.15. The van der Waals surface area contributed by atoms with E-state index in [4.69, 9.17) is 0 Å². The maximum atomic E-state index is 12.5. The summed E-state index contributed by atoms with van der Waals surface area (Å²) in [5.74, 6) is 0.0318. The maximum absolute atomic E-state index is 12.5. The molecule has 20 heavy (non-hydrogen) atoms. The number of carbonyl (C=O) groups is 1. The first-order valence-corrected chi connectivity index (χ1v) is 6.56. The van der Waals surface area contributed by atoms with Gasteiger partial charge in [-0.3, -0.25) is 9.48 Å². The number of carbonyl (C=O) groups excluding carboxylic acids is 1. The van der Waals surface area contributed by atoms with E-state index in [1.165, 1.54) is 0 Å². The van der Waals surface area contributed by atoms with Gasteiger partial charge in [0.1, 0.15) is 6.04 Å². The lowest BCUT2D eigenvalue weighted by atomic mass is 10.1. The zero-order valence-electron chi connectivity index (χ0n) is 12.1. The molecule has 1 N–H and O–H groups in total. The second-order valence-corrected chi connectivity index (χ2v) is 4.85. The van der Waals surface area contributed by atoms with Gasteiger partial charge >= 0.3 is 0 Å². The molecule has 0 fully saturated rings. The van der Waals surface area contributed by atoms with Gasteiger partial charge in [0.15, 0.2) is 0 Å². The molecule has 0 bridgehead atoms. The van der Waals surface area contributed by atoms with Crippen molar-refractivity contribution in [2.45, 2.75) is 12.6 Å². The van der Waals surface area contributed by atoms with Crippen molar-refractivity contribution >= 4 is 5.91 Å². The molecule has 0 aliphatic rings. The topological polar surface area (TPSA) is 50.2 Å². The van der Waals surface area contributed by atoms with Gasteiger partial charge in [0.2, 0.25) is 5.91 Å². The normalized spacial score (nSPS) is 12.2. The van der Waals surface area contributed by atoms with Gasteiger partial charge in [-0.25, -0.2) is 0 Å². The lowest BCUT2D eigenvalue weighted by molar-refractivity contribution is -0.132. The number of rotatable bonds is 5. The number of aromatic nitrogens is 2. The van der Waals surface area contributed by atoms with Crippen LogP contribution >= 0.6 is 0 Å². The number of benzene rings is 1. The number of nitrogens with one attached hydrogen (secondary N) is 1. The van der Waals surface area contributed by atoms with E-state index >= 15 is 0 Å². The van der Waals surface area contributed by atoms with E-state index in [9.17, 15) is 4.79 Å². The Kier molecular flexibility index (Phi) is 4.53. The fourth-order valence-electron chi connectivity index (χ4n) is 2.18. The standard InChI is InChI=1S/C15H20N4O/c1-16-14(13-9-17-19(3)11-13)15(20)18(2)10-12-7-5-4-6-8-12/h4-9,11,14,16H,10H2,1-3H3. The molecule has 1 aromatic heterocycles. The molecule has 0 spiro atoms. The van der Waals surface area contributed by atoms with Gasteiger partial charge in [-0.05, 0) is 12.6 Å². The van der Waals surface area contributed by atoms with Crippen LogP contribution in [0.4, 0.5) is 0 Å². The Morgan fingerprint density at radius 1 is 1.40 bits per heavy atom. The van der Waals surface area contributed by atoms with Gasteiger partial charge in [0.05, 0.1) is 6.20 Å². The molecule has 1 unspecified atom stereocenters. The van der Waals surface area contributed by atoms with E-state index < -0.39 is 0 Å². The van der Waals surface area contributed by atoms with Gasteiger partial charge in [-0.15, -0.1) is 0 Å². The largest absolute Gasteiger partial charge is 0.340 e. The first kappa shape index (κ1) is 14.3. The fourth-order valence-corrected chi connectivity index (χ4v) is 2.18. The summed E-state index contributed by atoms with van der Waals surface area (Å²) in [5.41, 5.74) is 1.99. The third kappa shape index (κ3) is 3.24. The van der Waals surface area contributed by atoms with Crippen LogP contribution in [-0.4, -0.2) is 34.7 Å². The first-order valence-electron chi connectivity index (χ1n) is 6.56. The molecule has 0 saturated heterocycles. The van der Waals surface area contributed by atoms with Crippen LogP contribution in [-0.2, 0) is 18.4 Å². The van der Waals surface area contributed by atoms with E-state index in [1.807, 2.05) is 50.6 Å². The van der Waals surface area contributed by atoms with Crippen LogP contribution in [0.5, 0.6) is 0 Å². The summed E-state index contributed by atoms with van der Waals surface area (Å²) in [6.07, 6.45) is 3.57. The second-order valence-electron chi connectivity index (χ2n) is 4.85. The zero-order valence-corrected chi connectivity index (χ0v) is 12.1. The predicted molar refractivity (Wildman–Crippen MR) is 77.9 cm³/mol. The minimum atomic E-state index is -0.364. The molecule has 5 heteroatoms. The Morgan fingerprint density at radius 2 is 2.10 bits per heavy atom. The number of nitrogens with zero attached hydrogens (tertiary/aromatic N) is 3. The minimum Gasteiger partial charge on any atom is -0.340 e. The molecule has 0 saturated carbocycles. The molecule has 1 aromatic carbocycles. The number of hydrogen-bond acceptors (Lipinski definition) is 3. The van der Waals surface area contributed by atoms with Crippen molar-refractivity contribution in [2.24, 2.45) is 7.05 Å². The smallest absolute Gasteiger partial charge is 0.244 e. The molecule has 2 aromatic rings. The zero-order chi connectivity index (χ0) is 14.5. The monoisotopic (exact) mass is 272 g/mol. The molecular formula is C15H20N4O. The number of likely N-dealkylation sites (N-methyl/N-ethyl adjacent to an activating group) is 2. The Balaban J connectivity index is 2.08. The van der Waals surface area contributed by atoms with Gasteiger partial charge in [-0.1, -0.05) is 30.3 Å². The summed E-state index contributed by atoms with van der Waals surface area (Å²) >= 11 is 0. The Morgan fingerprint density at radius 3 is 2.65 bits per heavy atom. The molecule has 2 rings (SSSR count). The van der Waals surface area contributed by atoms with Crippen molar-refractivity contribution in [3.63, 3.8) is 0 Å². The lowest BCUT2D eigenvalue weighted by Gasteiger charge is -2.23. The van der Waals surface area contributed by atoms with Gasteiger partial charge in [0, 0.05) is 32.4 Å². The van der Waals surface area contributed by atoms with Gasteiger partial charge in [-0.2, -0.15) is 5.10 Å². The second kappa shape index (κ2) is 6.34. The van der Waals surface area contributed by atoms with Crippen LogP contribution in [0.1, 0.15) is 17.2 Å². The highest BCUT2D eigenvalue weighted by Gasteiger charge is 2.23. The SMILES string of the molecule is CNC(C(=O)N(C)Cc1ccccc1)c1cnn(C)c1. The van der Waals surface area contributed by atoms with Crippen LogP contribution in [0.15, 0.2) is 42.7 Å².